The maximum Gasteiger partial charge on any atom is 0.248 e. The molecule has 1 heterocycles. The summed E-state index contributed by atoms with van der Waals surface area (Å²) in [7, 11) is 0. The zero-order valence-corrected chi connectivity index (χ0v) is 9.51. The predicted molar refractivity (Wildman–Crippen MR) is 53.4 cm³/mol. The summed E-state index contributed by atoms with van der Waals surface area (Å²) < 4.78 is 11.1. The smallest absolute Gasteiger partial charge is 0.248 e. The van der Waals surface area contributed by atoms with Crippen molar-refractivity contribution in [2.45, 2.75) is 46.8 Å². The minimum absolute atomic E-state index is 0.0741. The van der Waals surface area contributed by atoms with Crippen LogP contribution in [0.3, 0.4) is 0 Å². The molecule has 1 unspecified atom stereocenters. The largest absolute Gasteiger partial charge is 0.453 e. The van der Waals surface area contributed by atoms with E-state index in [1.54, 1.807) is 6.92 Å². The number of ether oxygens (including phenoxy) is 2. The molecule has 0 spiro atoms. The van der Waals surface area contributed by atoms with Crippen LogP contribution < -0.4 is 0 Å². The third-order valence-electron chi connectivity index (χ3n) is 2.11. The summed E-state index contributed by atoms with van der Waals surface area (Å²) in [6.45, 7) is 9.32. The van der Waals surface area contributed by atoms with Gasteiger partial charge >= 0.3 is 0 Å². The van der Waals surface area contributed by atoms with Crippen molar-refractivity contribution >= 4 is 5.78 Å². The molecule has 1 atom stereocenters. The molecule has 14 heavy (non-hydrogen) atoms. The van der Waals surface area contributed by atoms with Crippen molar-refractivity contribution in [2.75, 3.05) is 0 Å². The average Bonchev–Trinajstić information content (AvgIpc) is 2.24. The highest BCUT2D eigenvalue weighted by atomic mass is 16.7. The molecule has 1 rings (SSSR count). The molecule has 0 aromatic carbocycles. The Bertz CT molecular complexity index is 278. The van der Waals surface area contributed by atoms with E-state index in [9.17, 15) is 4.79 Å². The summed E-state index contributed by atoms with van der Waals surface area (Å²) in [5, 5.41) is 0. The van der Waals surface area contributed by atoms with E-state index in [-0.39, 0.29) is 5.78 Å². The van der Waals surface area contributed by atoms with Gasteiger partial charge in [-0.15, -0.1) is 0 Å². The lowest BCUT2D eigenvalue weighted by Gasteiger charge is -2.25. The Hall–Kier alpha value is -0.990. The second kappa shape index (κ2) is 3.64. The summed E-state index contributed by atoms with van der Waals surface area (Å²) in [4.78, 5) is 11.2. The summed E-state index contributed by atoms with van der Waals surface area (Å²) in [5.74, 6) is 0.710. The molecule has 0 fully saturated rings. The Morgan fingerprint density at radius 2 is 2.00 bits per heavy atom. The lowest BCUT2D eigenvalue weighted by Crippen LogP contribution is -2.28. The summed E-state index contributed by atoms with van der Waals surface area (Å²) in [6, 6.07) is 0. The van der Waals surface area contributed by atoms with Crippen molar-refractivity contribution in [3.8, 4) is 0 Å². The quantitative estimate of drug-likeness (QED) is 0.699. The summed E-state index contributed by atoms with van der Waals surface area (Å²) >= 11 is 0. The topological polar surface area (TPSA) is 35.5 Å². The van der Waals surface area contributed by atoms with E-state index in [1.165, 1.54) is 6.92 Å². The van der Waals surface area contributed by atoms with Gasteiger partial charge in [-0.25, -0.2) is 0 Å². The SMILES string of the molecule is CC(=O)C1=C(C)OC(C)(CC(C)C)O1. The molecule has 1 aliphatic rings. The van der Waals surface area contributed by atoms with Gasteiger partial charge in [0.1, 0.15) is 5.76 Å². The van der Waals surface area contributed by atoms with Crippen molar-refractivity contribution < 1.29 is 14.3 Å². The van der Waals surface area contributed by atoms with Gasteiger partial charge in [-0.05, 0) is 12.8 Å². The number of Topliss-reactive ketones (excluding diaryl/α,β-unsaturated/α-hetero) is 1. The van der Waals surface area contributed by atoms with E-state index >= 15 is 0 Å². The second-order valence-corrected chi connectivity index (χ2v) is 4.38. The van der Waals surface area contributed by atoms with Crippen LogP contribution in [0.15, 0.2) is 11.5 Å². The molecule has 3 heteroatoms. The van der Waals surface area contributed by atoms with Crippen molar-refractivity contribution in [3.63, 3.8) is 0 Å². The van der Waals surface area contributed by atoms with Gasteiger partial charge in [0, 0.05) is 20.3 Å². The first-order valence-corrected chi connectivity index (χ1v) is 4.94. The van der Waals surface area contributed by atoms with Crippen LogP contribution >= 0.6 is 0 Å². The Morgan fingerprint density at radius 1 is 1.43 bits per heavy atom. The minimum Gasteiger partial charge on any atom is -0.453 e. The molecule has 0 bridgehead atoms. The Balaban J connectivity index is 2.72. The van der Waals surface area contributed by atoms with Gasteiger partial charge in [-0.3, -0.25) is 4.79 Å². The number of hydrogen-bond acceptors (Lipinski definition) is 3. The fourth-order valence-corrected chi connectivity index (χ4v) is 1.82. The van der Waals surface area contributed by atoms with Crippen molar-refractivity contribution in [3.05, 3.63) is 11.5 Å². The lowest BCUT2D eigenvalue weighted by atomic mass is 10.0. The monoisotopic (exact) mass is 198 g/mol. The third-order valence-corrected chi connectivity index (χ3v) is 2.11. The number of carbonyl (C=O) groups excluding carboxylic acids is 1. The van der Waals surface area contributed by atoms with Crippen LogP contribution in [0, 0.1) is 5.92 Å². The number of allylic oxidation sites excluding steroid dienone is 2. The van der Waals surface area contributed by atoms with Gasteiger partial charge in [-0.2, -0.15) is 0 Å². The Morgan fingerprint density at radius 3 is 2.36 bits per heavy atom. The standard InChI is InChI=1S/C11H18O3/c1-7(2)6-11(5)13-9(4)10(14-11)8(3)12/h7H,6H2,1-5H3. The molecule has 0 saturated carbocycles. The highest BCUT2D eigenvalue weighted by molar-refractivity contribution is 5.92. The second-order valence-electron chi connectivity index (χ2n) is 4.38. The van der Waals surface area contributed by atoms with Crippen LogP contribution in [-0.2, 0) is 14.3 Å². The van der Waals surface area contributed by atoms with E-state index in [2.05, 4.69) is 13.8 Å². The van der Waals surface area contributed by atoms with E-state index in [4.69, 9.17) is 9.47 Å². The van der Waals surface area contributed by atoms with Gasteiger partial charge in [0.2, 0.25) is 11.5 Å². The van der Waals surface area contributed by atoms with Gasteiger partial charge in [-0.1, -0.05) is 13.8 Å². The van der Waals surface area contributed by atoms with Crippen LogP contribution in [0.4, 0.5) is 0 Å². The molecule has 0 aromatic heterocycles. The Labute approximate surface area is 85.1 Å². The zero-order valence-electron chi connectivity index (χ0n) is 9.51. The van der Waals surface area contributed by atoms with E-state index in [0.29, 0.717) is 17.4 Å². The fraction of sp³-hybridized carbons (Fsp3) is 0.727. The number of rotatable bonds is 3. The van der Waals surface area contributed by atoms with Gasteiger partial charge in [0.25, 0.3) is 0 Å². The number of carbonyl (C=O) groups is 1. The minimum atomic E-state index is -0.654. The first-order valence-electron chi connectivity index (χ1n) is 4.94. The van der Waals surface area contributed by atoms with Gasteiger partial charge in [0.15, 0.2) is 5.78 Å². The summed E-state index contributed by atoms with van der Waals surface area (Å²) in [5.41, 5.74) is 0. The van der Waals surface area contributed by atoms with E-state index in [0.717, 1.165) is 6.42 Å². The Kier molecular flexibility index (Phi) is 2.88. The van der Waals surface area contributed by atoms with E-state index < -0.39 is 5.79 Å². The lowest BCUT2D eigenvalue weighted by molar-refractivity contribution is -0.155. The maximum atomic E-state index is 11.2. The van der Waals surface area contributed by atoms with E-state index in [1.807, 2.05) is 6.92 Å². The maximum absolute atomic E-state index is 11.2. The highest BCUT2D eigenvalue weighted by Crippen LogP contribution is 2.35. The molecule has 80 valence electrons. The van der Waals surface area contributed by atoms with Crippen molar-refractivity contribution in [1.82, 2.24) is 0 Å². The molecular weight excluding hydrogens is 180 g/mol. The number of hydrogen-bond donors (Lipinski definition) is 0. The molecule has 0 saturated heterocycles. The molecular formula is C11H18O3. The van der Waals surface area contributed by atoms with Crippen LogP contribution in [0.2, 0.25) is 0 Å². The predicted octanol–water partition coefficient (Wildman–Crippen LogP) is 2.62. The van der Waals surface area contributed by atoms with Crippen LogP contribution in [-0.4, -0.2) is 11.6 Å². The third kappa shape index (κ3) is 2.28. The first-order chi connectivity index (χ1) is 6.34. The van der Waals surface area contributed by atoms with Gasteiger partial charge < -0.3 is 9.47 Å². The molecule has 0 N–H and O–H groups in total. The van der Waals surface area contributed by atoms with Crippen LogP contribution in [0.5, 0.6) is 0 Å². The zero-order chi connectivity index (χ0) is 10.9. The molecule has 3 nitrogen and oxygen atoms in total. The summed E-state index contributed by atoms with van der Waals surface area (Å²) in [6.07, 6.45) is 0.779. The van der Waals surface area contributed by atoms with Crippen molar-refractivity contribution in [1.29, 1.82) is 0 Å². The molecule has 0 aliphatic carbocycles. The molecule has 0 aromatic rings. The van der Waals surface area contributed by atoms with Gasteiger partial charge in [0.05, 0.1) is 0 Å². The number of ketones is 1. The molecule has 0 radical (unpaired) electrons. The normalized spacial score (nSPS) is 26.4. The fourth-order valence-electron chi connectivity index (χ4n) is 1.82. The molecule has 1 aliphatic heterocycles. The highest BCUT2D eigenvalue weighted by Gasteiger charge is 2.38. The van der Waals surface area contributed by atoms with Crippen LogP contribution in [0.25, 0.3) is 0 Å². The van der Waals surface area contributed by atoms with Crippen LogP contribution in [0.1, 0.15) is 41.0 Å². The first kappa shape index (κ1) is 11.1. The average molecular weight is 198 g/mol. The molecule has 0 amide bonds. The van der Waals surface area contributed by atoms with Crippen molar-refractivity contribution in [2.24, 2.45) is 5.92 Å².